The van der Waals surface area contributed by atoms with Gasteiger partial charge in [-0.15, -0.1) is 0 Å². The molecular weight excluding hydrogens is 487 g/mol. The second-order valence-electron chi connectivity index (χ2n) is 7.47. The standard InChI is InChI=1S/C23H26Cl2N2O7/c1-2-8-34-23(33)26-12-18(22(31)32)27-21(30)20-16(24)10-14(11-17(20)25)19(29)7-6-13-4-3-5-15(28)9-13/h3-5,9-11,18-19,28-29H,2,6-8,12H2,1H3,(H,26,33)(H,27,30)(H,31,32)/t18-,19?/m0/s1. The molecule has 2 aromatic carbocycles. The number of hydrogen-bond acceptors (Lipinski definition) is 6. The summed E-state index contributed by atoms with van der Waals surface area (Å²) in [5.74, 6) is -2.11. The summed E-state index contributed by atoms with van der Waals surface area (Å²) in [6.07, 6.45) is -0.366. The van der Waals surface area contributed by atoms with Crippen molar-refractivity contribution in [2.75, 3.05) is 13.2 Å². The molecule has 184 valence electrons. The van der Waals surface area contributed by atoms with Crippen molar-refractivity contribution in [2.24, 2.45) is 0 Å². The maximum Gasteiger partial charge on any atom is 0.407 e. The maximum atomic E-state index is 12.7. The number of alkyl carbamates (subject to hydrolysis) is 1. The number of carboxylic acids is 1. The zero-order chi connectivity index (χ0) is 25.3. The van der Waals surface area contributed by atoms with Crippen molar-refractivity contribution in [3.8, 4) is 5.75 Å². The number of nitrogens with one attached hydrogen (secondary N) is 2. The molecule has 34 heavy (non-hydrogen) atoms. The molecule has 0 aliphatic carbocycles. The number of ether oxygens (including phenoxy) is 1. The molecule has 2 rings (SSSR count). The number of aliphatic carboxylic acids is 1. The summed E-state index contributed by atoms with van der Waals surface area (Å²) < 4.78 is 4.80. The van der Waals surface area contributed by atoms with E-state index in [1.807, 2.05) is 6.07 Å². The van der Waals surface area contributed by atoms with E-state index < -0.39 is 36.7 Å². The van der Waals surface area contributed by atoms with E-state index in [1.165, 1.54) is 12.1 Å². The lowest BCUT2D eigenvalue weighted by Gasteiger charge is -2.18. The van der Waals surface area contributed by atoms with Crippen LogP contribution in [0.15, 0.2) is 36.4 Å². The Balaban J connectivity index is 2.06. The Morgan fingerprint density at radius 2 is 1.79 bits per heavy atom. The van der Waals surface area contributed by atoms with Crippen LogP contribution in [-0.4, -0.2) is 52.5 Å². The van der Waals surface area contributed by atoms with Gasteiger partial charge in [-0.3, -0.25) is 4.79 Å². The number of hydrogen-bond donors (Lipinski definition) is 5. The van der Waals surface area contributed by atoms with E-state index in [4.69, 9.17) is 27.9 Å². The van der Waals surface area contributed by atoms with E-state index in [0.717, 1.165) is 5.56 Å². The Bertz CT molecular complexity index is 1010. The van der Waals surface area contributed by atoms with Crippen LogP contribution in [-0.2, 0) is 16.0 Å². The second-order valence-corrected chi connectivity index (χ2v) is 8.28. The fourth-order valence-corrected chi connectivity index (χ4v) is 3.72. The molecule has 2 aromatic rings. The first-order chi connectivity index (χ1) is 16.1. The molecule has 0 saturated heterocycles. The van der Waals surface area contributed by atoms with Gasteiger partial charge in [-0.2, -0.15) is 0 Å². The van der Waals surface area contributed by atoms with Crippen molar-refractivity contribution in [1.82, 2.24) is 10.6 Å². The highest BCUT2D eigenvalue weighted by molar-refractivity contribution is 6.39. The number of benzene rings is 2. The van der Waals surface area contributed by atoms with E-state index in [2.05, 4.69) is 10.6 Å². The van der Waals surface area contributed by atoms with Crippen LogP contribution in [0.4, 0.5) is 4.79 Å². The van der Waals surface area contributed by atoms with E-state index in [0.29, 0.717) is 24.8 Å². The highest BCUT2D eigenvalue weighted by Gasteiger charge is 2.25. The Morgan fingerprint density at radius 1 is 1.12 bits per heavy atom. The summed E-state index contributed by atoms with van der Waals surface area (Å²) in [5.41, 5.74) is 1.05. The lowest BCUT2D eigenvalue weighted by Crippen LogP contribution is -2.48. The number of aliphatic hydroxyl groups is 1. The minimum Gasteiger partial charge on any atom is -0.508 e. The molecule has 0 aromatic heterocycles. The average Bonchev–Trinajstić information content (AvgIpc) is 2.78. The van der Waals surface area contributed by atoms with Crippen molar-refractivity contribution >= 4 is 41.2 Å². The molecule has 0 radical (unpaired) electrons. The second kappa shape index (κ2) is 13.0. The highest BCUT2D eigenvalue weighted by atomic mass is 35.5. The molecule has 2 atom stereocenters. The monoisotopic (exact) mass is 512 g/mol. The molecule has 5 N–H and O–H groups in total. The minimum absolute atomic E-state index is 0.0733. The number of phenols is 1. The fraction of sp³-hybridized carbons (Fsp3) is 0.348. The van der Waals surface area contributed by atoms with Crippen LogP contribution in [0, 0.1) is 0 Å². The molecule has 1 unspecified atom stereocenters. The summed E-state index contributed by atoms with van der Waals surface area (Å²) in [7, 11) is 0. The number of carbonyl (C=O) groups is 3. The third kappa shape index (κ3) is 8.09. The molecule has 0 saturated carbocycles. The van der Waals surface area contributed by atoms with Gasteiger partial charge in [0.15, 0.2) is 0 Å². The fourth-order valence-electron chi connectivity index (χ4n) is 3.05. The predicted octanol–water partition coefficient (Wildman–Crippen LogP) is 3.68. The summed E-state index contributed by atoms with van der Waals surface area (Å²) in [6.45, 7) is 1.57. The van der Waals surface area contributed by atoms with Gasteiger partial charge in [0.05, 0.1) is 34.9 Å². The third-order valence-corrected chi connectivity index (χ3v) is 5.38. The third-order valence-electron chi connectivity index (χ3n) is 4.78. The molecule has 0 aliphatic rings. The molecule has 2 amide bonds. The van der Waals surface area contributed by atoms with Crippen LogP contribution in [0.3, 0.4) is 0 Å². The van der Waals surface area contributed by atoms with E-state index >= 15 is 0 Å². The number of aliphatic hydroxyl groups excluding tert-OH is 1. The SMILES string of the molecule is CCCOC(=O)NC[C@H](NC(=O)c1c(Cl)cc(C(O)CCc2cccc(O)c2)cc1Cl)C(=O)O. The molecule has 9 nitrogen and oxygen atoms in total. The lowest BCUT2D eigenvalue weighted by molar-refractivity contribution is -0.139. The van der Waals surface area contributed by atoms with Crippen molar-refractivity contribution in [3.63, 3.8) is 0 Å². The van der Waals surface area contributed by atoms with Gasteiger partial charge < -0.3 is 30.7 Å². The first-order valence-corrected chi connectivity index (χ1v) is 11.3. The van der Waals surface area contributed by atoms with Gasteiger partial charge in [-0.25, -0.2) is 9.59 Å². The van der Waals surface area contributed by atoms with Crippen molar-refractivity contribution in [2.45, 2.75) is 38.3 Å². The first-order valence-electron chi connectivity index (χ1n) is 10.5. The molecule has 0 aliphatic heterocycles. The Hall–Kier alpha value is -3.01. The van der Waals surface area contributed by atoms with Crippen molar-refractivity contribution in [1.29, 1.82) is 0 Å². The molecule has 0 bridgehead atoms. The average molecular weight is 513 g/mol. The number of phenolic OH excluding ortho intramolecular Hbond substituents is 1. The van der Waals surface area contributed by atoms with Gasteiger partial charge in [-0.05, 0) is 54.7 Å². The molecule has 0 fully saturated rings. The summed E-state index contributed by atoms with van der Waals surface area (Å²) in [4.78, 5) is 35.7. The highest BCUT2D eigenvalue weighted by Crippen LogP contribution is 2.31. The van der Waals surface area contributed by atoms with Crippen LogP contribution in [0.5, 0.6) is 5.75 Å². The Morgan fingerprint density at radius 3 is 2.38 bits per heavy atom. The lowest BCUT2D eigenvalue weighted by atomic mass is 10.00. The van der Waals surface area contributed by atoms with Crippen LogP contribution < -0.4 is 10.6 Å². The van der Waals surface area contributed by atoms with Gasteiger partial charge in [0.2, 0.25) is 0 Å². The van der Waals surface area contributed by atoms with Gasteiger partial charge in [0, 0.05) is 0 Å². The predicted molar refractivity (Wildman–Crippen MR) is 126 cm³/mol. The number of amides is 2. The molecule has 11 heteroatoms. The quantitative estimate of drug-likeness (QED) is 0.308. The normalized spacial score (nSPS) is 12.5. The summed E-state index contributed by atoms with van der Waals surface area (Å²) >= 11 is 12.5. The minimum atomic E-state index is -1.46. The van der Waals surface area contributed by atoms with E-state index in [1.54, 1.807) is 25.1 Å². The Labute approximate surface area is 206 Å². The van der Waals surface area contributed by atoms with Gasteiger partial charge in [0.25, 0.3) is 5.91 Å². The van der Waals surface area contributed by atoms with Crippen LogP contribution in [0.25, 0.3) is 0 Å². The molecular formula is C23H26Cl2N2O7. The number of aromatic hydroxyl groups is 1. The van der Waals surface area contributed by atoms with Crippen molar-refractivity contribution in [3.05, 3.63) is 63.1 Å². The van der Waals surface area contributed by atoms with Crippen LogP contribution in [0.2, 0.25) is 10.0 Å². The number of halogens is 2. The zero-order valence-electron chi connectivity index (χ0n) is 18.4. The van der Waals surface area contributed by atoms with Crippen LogP contribution >= 0.6 is 23.2 Å². The first kappa shape index (κ1) is 27.2. The summed E-state index contributed by atoms with van der Waals surface area (Å²) in [5, 5.41) is 33.8. The number of rotatable bonds is 11. The van der Waals surface area contributed by atoms with Gasteiger partial charge in [-0.1, -0.05) is 42.3 Å². The van der Waals surface area contributed by atoms with Crippen molar-refractivity contribution < 1.29 is 34.4 Å². The van der Waals surface area contributed by atoms with Gasteiger partial charge >= 0.3 is 12.1 Å². The number of carbonyl (C=O) groups excluding carboxylic acids is 2. The van der Waals surface area contributed by atoms with E-state index in [9.17, 15) is 29.7 Å². The Kier molecular flexibility index (Phi) is 10.4. The molecule has 0 spiro atoms. The smallest absolute Gasteiger partial charge is 0.407 e. The number of aryl methyl sites for hydroxylation is 1. The zero-order valence-corrected chi connectivity index (χ0v) is 19.9. The number of carboxylic acid groups (broad SMARTS) is 1. The van der Waals surface area contributed by atoms with E-state index in [-0.39, 0.29) is 28.0 Å². The van der Waals surface area contributed by atoms with Gasteiger partial charge in [0.1, 0.15) is 11.8 Å². The van der Waals surface area contributed by atoms with Crippen LogP contribution in [0.1, 0.15) is 47.4 Å². The maximum absolute atomic E-state index is 12.7. The largest absolute Gasteiger partial charge is 0.508 e. The molecule has 0 heterocycles. The summed E-state index contributed by atoms with van der Waals surface area (Å²) in [6, 6.07) is 7.96. The topological polar surface area (TPSA) is 145 Å².